The van der Waals surface area contributed by atoms with E-state index in [4.69, 9.17) is 4.74 Å². The highest BCUT2D eigenvalue weighted by Gasteiger charge is 2.02. The summed E-state index contributed by atoms with van der Waals surface area (Å²) >= 11 is 0. The summed E-state index contributed by atoms with van der Waals surface area (Å²) in [5.41, 5.74) is 2.04. The Morgan fingerprint density at radius 2 is 2.40 bits per heavy atom. The van der Waals surface area contributed by atoms with Crippen LogP contribution in [0.15, 0.2) is 18.9 Å². The van der Waals surface area contributed by atoms with Crippen molar-refractivity contribution in [1.29, 1.82) is 0 Å². The Hall–Kier alpha value is -1.42. The fraction of sp³-hybridized carbons (Fsp3) is 0.455. The molecule has 0 aliphatic rings. The van der Waals surface area contributed by atoms with Crippen LogP contribution in [-0.2, 0) is 6.54 Å². The van der Waals surface area contributed by atoms with Crippen molar-refractivity contribution >= 4 is 0 Å². The fourth-order valence-electron chi connectivity index (χ4n) is 1.14. The molecule has 0 atom stereocenters. The molecule has 4 heteroatoms. The molecule has 1 heterocycles. The summed E-state index contributed by atoms with van der Waals surface area (Å²) in [6, 6.07) is 0.439. The molecule has 0 bridgehead atoms. The number of nitrogens with zero attached hydrogens (tertiary/aromatic N) is 2. The average Bonchev–Trinajstić information content (AvgIpc) is 2.23. The van der Waals surface area contributed by atoms with Gasteiger partial charge in [0.2, 0.25) is 0 Å². The predicted octanol–water partition coefficient (Wildman–Crippen LogP) is 1.46. The Balaban J connectivity index is 2.60. The van der Waals surface area contributed by atoms with Gasteiger partial charge in [0.15, 0.2) is 0 Å². The van der Waals surface area contributed by atoms with Crippen molar-refractivity contribution in [3.05, 3.63) is 30.1 Å². The lowest BCUT2D eigenvalue weighted by atomic mass is 10.2. The number of hydrogen-bond acceptors (Lipinski definition) is 4. The first kappa shape index (κ1) is 11.7. The van der Waals surface area contributed by atoms with E-state index >= 15 is 0 Å². The maximum absolute atomic E-state index is 5.35. The van der Waals surface area contributed by atoms with Crippen molar-refractivity contribution in [2.45, 2.75) is 19.9 Å². The van der Waals surface area contributed by atoms with E-state index in [1.165, 1.54) is 0 Å². The van der Waals surface area contributed by atoms with Crippen LogP contribution >= 0.6 is 0 Å². The molecule has 1 aromatic heterocycles. The minimum Gasteiger partial charge on any atom is -0.463 e. The molecule has 0 saturated carbocycles. The molecule has 15 heavy (non-hydrogen) atoms. The number of hydrogen-bond donors (Lipinski definition) is 1. The van der Waals surface area contributed by atoms with Gasteiger partial charge < -0.3 is 10.1 Å². The fourth-order valence-corrected chi connectivity index (χ4v) is 1.14. The third-order valence-corrected chi connectivity index (χ3v) is 1.98. The highest BCUT2D eigenvalue weighted by molar-refractivity contribution is 5.17. The summed E-state index contributed by atoms with van der Waals surface area (Å²) in [5, 5.41) is 3.06. The van der Waals surface area contributed by atoms with Gasteiger partial charge in [0, 0.05) is 24.0 Å². The van der Waals surface area contributed by atoms with Crippen molar-refractivity contribution in [2.24, 2.45) is 0 Å². The van der Waals surface area contributed by atoms with Crippen LogP contribution in [0.25, 0.3) is 0 Å². The molecule has 0 aliphatic heterocycles. The van der Waals surface area contributed by atoms with E-state index in [-0.39, 0.29) is 0 Å². The third kappa shape index (κ3) is 3.67. The second-order valence-electron chi connectivity index (χ2n) is 3.22. The van der Waals surface area contributed by atoms with Crippen LogP contribution in [0.4, 0.5) is 0 Å². The van der Waals surface area contributed by atoms with Gasteiger partial charge in [0.05, 0.1) is 6.61 Å². The van der Waals surface area contributed by atoms with Crippen molar-refractivity contribution in [1.82, 2.24) is 15.3 Å². The lowest BCUT2D eigenvalue weighted by molar-refractivity contribution is 0.298. The van der Waals surface area contributed by atoms with E-state index < -0.39 is 0 Å². The van der Waals surface area contributed by atoms with Crippen LogP contribution in [0, 0.1) is 6.92 Å². The number of rotatable bonds is 6. The van der Waals surface area contributed by atoms with Crippen LogP contribution in [0.5, 0.6) is 6.01 Å². The molecule has 0 amide bonds. The predicted molar refractivity (Wildman–Crippen MR) is 59.8 cm³/mol. The van der Waals surface area contributed by atoms with E-state index in [1.54, 1.807) is 6.20 Å². The number of aromatic nitrogens is 2. The maximum Gasteiger partial charge on any atom is 0.316 e. The first-order valence-corrected chi connectivity index (χ1v) is 4.98. The zero-order valence-electron chi connectivity index (χ0n) is 9.29. The zero-order valence-corrected chi connectivity index (χ0v) is 9.29. The molecule has 1 rings (SSSR count). The molecule has 1 aromatic rings. The summed E-state index contributed by atoms with van der Waals surface area (Å²) in [5.74, 6) is 0. The molecule has 0 unspecified atom stereocenters. The SMILES string of the molecule is C=CCCOc1ncc(CNC)c(C)n1. The topological polar surface area (TPSA) is 47.0 Å². The van der Waals surface area contributed by atoms with E-state index in [0.717, 1.165) is 24.2 Å². The van der Waals surface area contributed by atoms with Crippen molar-refractivity contribution < 1.29 is 4.74 Å². The molecular weight excluding hydrogens is 190 g/mol. The molecule has 82 valence electrons. The Kier molecular flexibility index (Phi) is 4.77. The van der Waals surface area contributed by atoms with E-state index in [9.17, 15) is 0 Å². The monoisotopic (exact) mass is 207 g/mol. The molecule has 0 spiro atoms. The highest BCUT2D eigenvalue weighted by atomic mass is 16.5. The Bertz CT molecular complexity index is 326. The van der Waals surface area contributed by atoms with Gasteiger partial charge in [-0.15, -0.1) is 6.58 Å². The van der Waals surface area contributed by atoms with E-state index in [2.05, 4.69) is 21.9 Å². The lowest BCUT2D eigenvalue weighted by Gasteiger charge is -2.06. The Labute approximate surface area is 90.4 Å². The van der Waals surface area contributed by atoms with Gasteiger partial charge in [0.1, 0.15) is 0 Å². The molecule has 0 aromatic carbocycles. The number of nitrogens with one attached hydrogen (secondary N) is 1. The molecule has 0 aliphatic carbocycles. The normalized spacial score (nSPS) is 10.0. The summed E-state index contributed by atoms with van der Waals surface area (Å²) in [4.78, 5) is 8.38. The molecule has 4 nitrogen and oxygen atoms in total. The quantitative estimate of drug-likeness (QED) is 0.566. The largest absolute Gasteiger partial charge is 0.463 e. The van der Waals surface area contributed by atoms with Crippen LogP contribution in [0.2, 0.25) is 0 Å². The van der Waals surface area contributed by atoms with Crippen LogP contribution in [0.3, 0.4) is 0 Å². The number of ether oxygens (including phenoxy) is 1. The van der Waals surface area contributed by atoms with Gasteiger partial charge in [-0.3, -0.25) is 0 Å². The highest BCUT2D eigenvalue weighted by Crippen LogP contribution is 2.08. The van der Waals surface area contributed by atoms with Crippen LogP contribution in [0.1, 0.15) is 17.7 Å². The average molecular weight is 207 g/mol. The standard InChI is InChI=1S/C11H17N3O/c1-4-5-6-15-11-13-8-10(7-12-3)9(2)14-11/h4,8,12H,1,5-7H2,2-3H3. The summed E-state index contributed by atoms with van der Waals surface area (Å²) in [6.07, 6.45) is 4.41. The molecular formula is C11H17N3O. The molecule has 0 fully saturated rings. The summed E-state index contributed by atoms with van der Waals surface area (Å²) < 4.78 is 5.35. The first-order chi connectivity index (χ1) is 7.27. The Morgan fingerprint density at radius 3 is 3.00 bits per heavy atom. The van der Waals surface area contributed by atoms with Crippen LogP contribution < -0.4 is 10.1 Å². The minimum atomic E-state index is 0.439. The minimum absolute atomic E-state index is 0.439. The Morgan fingerprint density at radius 1 is 1.60 bits per heavy atom. The van der Waals surface area contributed by atoms with Gasteiger partial charge in [-0.1, -0.05) is 6.08 Å². The zero-order chi connectivity index (χ0) is 11.1. The van der Waals surface area contributed by atoms with E-state index in [1.807, 2.05) is 20.0 Å². The second-order valence-corrected chi connectivity index (χ2v) is 3.22. The maximum atomic E-state index is 5.35. The number of aryl methyl sites for hydroxylation is 1. The van der Waals surface area contributed by atoms with Crippen molar-refractivity contribution in [3.63, 3.8) is 0 Å². The second kappa shape index (κ2) is 6.14. The van der Waals surface area contributed by atoms with Gasteiger partial charge in [-0.2, -0.15) is 0 Å². The first-order valence-electron chi connectivity index (χ1n) is 4.98. The lowest BCUT2D eigenvalue weighted by Crippen LogP contribution is -2.09. The smallest absolute Gasteiger partial charge is 0.316 e. The molecule has 1 N–H and O–H groups in total. The summed E-state index contributed by atoms with van der Waals surface area (Å²) in [6.45, 7) is 6.93. The van der Waals surface area contributed by atoms with Gasteiger partial charge in [-0.05, 0) is 20.4 Å². The third-order valence-electron chi connectivity index (χ3n) is 1.98. The van der Waals surface area contributed by atoms with Gasteiger partial charge in [-0.25, -0.2) is 9.97 Å². The van der Waals surface area contributed by atoms with E-state index in [0.29, 0.717) is 12.6 Å². The van der Waals surface area contributed by atoms with Crippen molar-refractivity contribution in [2.75, 3.05) is 13.7 Å². The van der Waals surface area contributed by atoms with Gasteiger partial charge in [0.25, 0.3) is 0 Å². The van der Waals surface area contributed by atoms with Crippen molar-refractivity contribution in [3.8, 4) is 6.01 Å². The molecule has 0 radical (unpaired) electrons. The molecule has 0 saturated heterocycles. The van der Waals surface area contributed by atoms with Crippen LogP contribution in [-0.4, -0.2) is 23.6 Å². The summed E-state index contributed by atoms with van der Waals surface area (Å²) in [7, 11) is 1.90. The van der Waals surface area contributed by atoms with Gasteiger partial charge >= 0.3 is 6.01 Å².